The maximum atomic E-state index is 13.9. The number of halogens is 6. The van der Waals surface area contributed by atoms with Crippen molar-refractivity contribution in [3.63, 3.8) is 0 Å². The fourth-order valence-electron chi connectivity index (χ4n) is 2.00. The fraction of sp³-hybridized carbons (Fsp3) is 0.538. The number of alkyl halides is 5. The average molecular weight is 361 g/mol. The monoisotopic (exact) mass is 360 g/mol. The molecule has 0 amide bonds. The molecule has 1 aromatic rings. The first-order valence-electron chi connectivity index (χ1n) is 5.68. The largest absolute Gasteiger partial charge is 0.456 e. The van der Waals surface area contributed by atoms with Gasteiger partial charge in [0.1, 0.15) is 0 Å². The lowest BCUT2D eigenvalue weighted by atomic mass is 9.68. The molecule has 1 rings (SSSR count). The molecule has 0 aliphatic carbocycles. The van der Waals surface area contributed by atoms with E-state index in [2.05, 4.69) is 15.9 Å². The Morgan fingerprint density at radius 2 is 1.40 bits per heavy atom. The standard InChI is InChI=1S/C13H14BrF5O/c1-10(2,3)11(20,12(15,16)13(17,18)19)8-6-4-5-7-9(8)14/h4-7,20H,1-3H3. The zero-order valence-electron chi connectivity index (χ0n) is 11.0. The molecule has 0 fully saturated rings. The van der Waals surface area contributed by atoms with E-state index in [0.29, 0.717) is 0 Å². The highest BCUT2D eigenvalue weighted by atomic mass is 79.9. The number of hydrogen-bond acceptors (Lipinski definition) is 1. The van der Waals surface area contributed by atoms with Crippen molar-refractivity contribution in [2.45, 2.75) is 38.5 Å². The van der Waals surface area contributed by atoms with Gasteiger partial charge in [-0.3, -0.25) is 0 Å². The molecule has 1 aromatic carbocycles. The second-order valence-corrected chi connectivity index (χ2v) is 6.37. The summed E-state index contributed by atoms with van der Waals surface area (Å²) in [5.41, 5.74) is -5.66. The van der Waals surface area contributed by atoms with E-state index < -0.39 is 28.7 Å². The first-order valence-corrected chi connectivity index (χ1v) is 6.48. The van der Waals surface area contributed by atoms with Crippen LogP contribution in [0.4, 0.5) is 22.0 Å². The molecule has 0 aliphatic rings. The van der Waals surface area contributed by atoms with Gasteiger partial charge in [0.25, 0.3) is 0 Å². The fourth-order valence-corrected chi connectivity index (χ4v) is 2.58. The van der Waals surface area contributed by atoms with Crippen molar-refractivity contribution in [3.8, 4) is 0 Å². The summed E-state index contributed by atoms with van der Waals surface area (Å²) in [6, 6.07) is 5.11. The number of hydrogen-bond donors (Lipinski definition) is 1. The van der Waals surface area contributed by atoms with Gasteiger partial charge in [0.15, 0.2) is 5.60 Å². The van der Waals surface area contributed by atoms with Gasteiger partial charge in [-0.25, -0.2) is 0 Å². The molecule has 1 nitrogen and oxygen atoms in total. The van der Waals surface area contributed by atoms with E-state index in [4.69, 9.17) is 0 Å². The third kappa shape index (κ3) is 2.45. The molecule has 1 unspecified atom stereocenters. The van der Waals surface area contributed by atoms with Gasteiger partial charge in [-0.2, -0.15) is 22.0 Å². The Morgan fingerprint density at radius 1 is 0.950 bits per heavy atom. The van der Waals surface area contributed by atoms with Crippen molar-refractivity contribution >= 4 is 15.9 Å². The molecule has 114 valence electrons. The maximum absolute atomic E-state index is 13.9. The summed E-state index contributed by atoms with van der Waals surface area (Å²) < 4.78 is 66.1. The number of benzene rings is 1. The molecule has 0 heterocycles. The minimum atomic E-state index is -5.87. The predicted molar refractivity (Wildman–Crippen MR) is 68.5 cm³/mol. The van der Waals surface area contributed by atoms with E-state index in [1.54, 1.807) is 0 Å². The third-order valence-corrected chi connectivity index (χ3v) is 3.85. The molecule has 7 heteroatoms. The van der Waals surface area contributed by atoms with E-state index in [1.807, 2.05) is 0 Å². The number of rotatable bonds is 2. The van der Waals surface area contributed by atoms with Crippen molar-refractivity contribution in [1.29, 1.82) is 0 Å². The first-order chi connectivity index (χ1) is 8.77. The summed E-state index contributed by atoms with van der Waals surface area (Å²) in [7, 11) is 0. The van der Waals surface area contributed by atoms with E-state index in [9.17, 15) is 27.1 Å². The molecular formula is C13H14BrF5O. The van der Waals surface area contributed by atoms with Gasteiger partial charge < -0.3 is 5.11 Å². The van der Waals surface area contributed by atoms with Crippen LogP contribution in [-0.4, -0.2) is 17.2 Å². The molecular weight excluding hydrogens is 347 g/mol. The van der Waals surface area contributed by atoms with Gasteiger partial charge in [0.2, 0.25) is 0 Å². The number of aliphatic hydroxyl groups is 1. The third-order valence-electron chi connectivity index (χ3n) is 3.16. The molecule has 0 spiro atoms. The summed E-state index contributed by atoms with van der Waals surface area (Å²) >= 11 is 2.92. The normalized spacial score (nSPS) is 16.9. The molecule has 0 radical (unpaired) electrons. The minimum absolute atomic E-state index is 0.0126. The molecule has 0 saturated carbocycles. The predicted octanol–water partition coefficient (Wildman–Crippen LogP) is 4.88. The Hall–Kier alpha value is -0.690. The molecule has 1 atom stereocenters. The Balaban J connectivity index is 3.69. The zero-order chi connectivity index (χ0) is 16.0. The topological polar surface area (TPSA) is 20.2 Å². The van der Waals surface area contributed by atoms with Crippen molar-refractivity contribution in [3.05, 3.63) is 34.3 Å². The zero-order valence-corrected chi connectivity index (χ0v) is 12.6. The van der Waals surface area contributed by atoms with Crippen LogP contribution in [0.5, 0.6) is 0 Å². The van der Waals surface area contributed by atoms with Gasteiger partial charge in [0, 0.05) is 15.5 Å². The molecule has 20 heavy (non-hydrogen) atoms. The lowest BCUT2D eigenvalue weighted by Gasteiger charge is -2.46. The Labute approximate surface area is 121 Å². The second-order valence-electron chi connectivity index (χ2n) is 5.51. The van der Waals surface area contributed by atoms with Crippen LogP contribution >= 0.6 is 15.9 Å². The highest BCUT2D eigenvalue weighted by molar-refractivity contribution is 9.10. The van der Waals surface area contributed by atoms with Crippen LogP contribution in [0, 0.1) is 5.41 Å². The Kier molecular flexibility index (Phi) is 4.29. The first kappa shape index (κ1) is 17.4. The van der Waals surface area contributed by atoms with Crippen LogP contribution in [0.25, 0.3) is 0 Å². The average Bonchev–Trinajstić information content (AvgIpc) is 2.25. The summed E-state index contributed by atoms with van der Waals surface area (Å²) in [5.74, 6) is -5.30. The second kappa shape index (κ2) is 4.94. The van der Waals surface area contributed by atoms with Gasteiger partial charge in [0.05, 0.1) is 0 Å². The van der Waals surface area contributed by atoms with Crippen molar-refractivity contribution in [2.75, 3.05) is 0 Å². The summed E-state index contributed by atoms with van der Waals surface area (Å²) in [6.45, 7) is 3.39. The van der Waals surface area contributed by atoms with Crippen molar-refractivity contribution < 1.29 is 27.1 Å². The lowest BCUT2D eigenvalue weighted by Crippen LogP contribution is -2.61. The highest BCUT2D eigenvalue weighted by Gasteiger charge is 2.74. The quantitative estimate of drug-likeness (QED) is 0.745. The summed E-state index contributed by atoms with van der Waals surface area (Å²) in [5, 5.41) is 10.4. The van der Waals surface area contributed by atoms with Gasteiger partial charge in [-0.05, 0) is 6.07 Å². The highest BCUT2D eigenvalue weighted by Crippen LogP contribution is 2.57. The molecule has 1 N–H and O–H groups in total. The molecule has 0 aliphatic heterocycles. The van der Waals surface area contributed by atoms with Crippen molar-refractivity contribution in [1.82, 2.24) is 0 Å². The van der Waals surface area contributed by atoms with Crippen LogP contribution in [0.15, 0.2) is 28.7 Å². The summed E-state index contributed by atoms with van der Waals surface area (Å²) in [6.07, 6.45) is -5.87. The van der Waals surface area contributed by atoms with Crippen LogP contribution in [0.3, 0.4) is 0 Å². The van der Waals surface area contributed by atoms with E-state index in [-0.39, 0.29) is 4.47 Å². The van der Waals surface area contributed by atoms with E-state index in [0.717, 1.165) is 26.8 Å². The SMILES string of the molecule is CC(C)(C)C(O)(c1ccccc1Br)C(F)(F)C(F)(F)F. The van der Waals surface area contributed by atoms with Crippen LogP contribution in [-0.2, 0) is 5.60 Å². The minimum Gasteiger partial charge on any atom is -0.378 e. The van der Waals surface area contributed by atoms with Crippen LogP contribution in [0.1, 0.15) is 26.3 Å². The van der Waals surface area contributed by atoms with Gasteiger partial charge in [-0.15, -0.1) is 0 Å². The Bertz CT molecular complexity index is 492. The van der Waals surface area contributed by atoms with Gasteiger partial charge >= 0.3 is 12.1 Å². The van der Waals surface area contributed by atoms with Crippen molar-refractivity contribution in [2.24, 2.45) is 5.41 Å². The van der Waals surface area contributed by atoms with Gasteiger partial charge in [-0.1, -0.05) is 54.9 Å². The lowest BCUT2D eigenvalue weighted by molar-refractivity contribution is -0.366. The van der Waals surface area contributed by atoms with Crippen LogP contribution < -0.4 is 0 Å². The summed E-state index contributed by atoms with van der Waals surface area (Å²) in [4.78, 5) is 0. The smallest absolute Gasteiger partial charge is 0.378 e. The molecule has 0 aromatic heterocycles. The van der Waals surface area contributed by atoms with Crippen LogP contribution in [0.2, 0.25) is 0 Å². The molecule has 0 bridgehead atoms. The maximum Gasteiger partial charge on any atom is 0.456 e. The Morgan fingerprint density at radius 3 is 1.75 bits per heavy atom. The molecule has 0 saturated heterocycles. The van der Waals surface area contributed by atoms with E-state index >= 15 is 0 Å². The van der Waals surface area contributed by atoms with E-state index in [1.165, 1.54) is 18.2 Å².